The number of benzene rings is 1. The Morgan fingerprint density at radius 2 is 1.71 bits per heavy atom. The van der Waals surface area contributed by atoms with Gasteiger partial charge in [0.25, 0.3) is 0 Å². The topological polar surface area (TPSA) is 43.4 Å². The third-order valence-corrected chi connectivity index (χ3v) is 1.99. The number of Topliss-reactive ketones (excluding diaryl/α,β-unsaturated/α-hetero) is 1. The zero-order valence-electron chi connectivity index (χ0n) is 10.4. The fourth-order valence-corrected chi connectivity index (χ4v) is 1.36. The first kappa shape index (κ1) is 19.2. The summed E-state index contributed by atoms with van der Waals surface area (Å²) in [5.41, 5.74) is 2.32. The van der Waals surface area contributed by atoms with Crippen molar-refractivity contribution in [3.8, 4) is 0 Å². The van der Waals surface area contributed by atoms with Crippen molar-refractivity contribution in [2.75, 3.05) is 7.11 Å². The van der Waals surface area contributed by atoms with Gasteiger partial charge in [0.05, 0.1) is 7.11 Å². The van der Waals surface area contributed by atoms with Crippen LogP contribution in [-0.2, 0) is 42.2 Å². The Hall–Kier alpha value is -0.106. The van der Waals surface area contributed by atoms with E-state index in [-0.39, 0.29) is 54.8 Å². The van der Waals surface area contributed by atoms with Gasteiger partial charge in [-0.15, -0.1) is 0 Å². The van der Waals surface area contributed by atoms with E-state index >= 15 is 0 Å². The second-order valence-corrected chi connectivity index (χ2v) is 3.41. The predicted octanol–water partition coefficient (Wildman–Crippen LogP) is 1.91. The molecule has 0 saturated heterocycles. The smallest absolute Gasteiger partial charge is 0.313 e. The first-order valence-corrected chi connectivity index (χ1v) is 4.63. The van der Waals surface area contributed by atoms with E-state index in [0.29, 0.717) is 5.56 Å². The van der Waals surface area contributed by atoms with Crippen LogP contribution in [0.5, 0.6) is 0 Å². The Bertz CT molecular complexity index is 384. The number of methoxy groups -OCH3 is 1. The zero-order chi connectivity index (χ0) is 11.4. The summed E-state index contributed by atoms with van der Waals surface area (Å²) in [5.74, 6) is -0.731. The van der Waals surface area contributed by atoms with Crippen LogP contribution in [0.4, 0.5) is 0 Å². The molecule has 1 rings (SSSR count). The predicted molar refractivity (Wildman–Crippen MR) is 66.8 cm³/mol. The molecule has 0 spiro atoms. The maximum Gasteiger partial charge on any atom is 0.313 e. The van der Waals surface area contributed by atoms with Gasteiger partial charge in [0.2, 0.25) is 0 Å². The molecule has 91 valence electrons. The summed E-state index contributed by atoms with van der Waals surface area (Å²) in [6.45, 7) is 3.73. The van der Waals surface area contributed by atoms with E-state index in [4.69, 9.17) is 0 Å². The van der Waals surface area contributed by atoms with Crippen molar-refractivity contribution in [3.63, 3.8) is 0 Å². The quantitative estimate of drug-likeness (QED) is 0.280. The minimum Gasteiger partial charge on any atom is -0.469 e. The van der Waals surface area contributed by atoms with Gasteiger partial charge in [-0.05, 0) is 0 Å². The second kappa shape index (κ2) is 8.91. The van der Waals surface area contributed by atoms with Crippen molar-refractivity contribution < 1.29 is 47.0 Å². The zero-order valence-corrected chi connectivity index (χ0v) is 14.6. The summed E-state index contributed by atoms with van der Waals surface area (Å²) in [4.78, 5) is 22.5. The third-order valence-electron chi connectivity index (χ3n) is 1.99. The van der Waals surface area contributed by atoms with Gasteiger partial charge >= 0.3 is 5.97 Å². The van der Waals surface area contributed by atoms with Gasteiger partial charge in [0, 0.05) is 32.7 Å². The molecule has 0 aliphatic heterocycles. The molecule has 1 aromatic carbocycles. The van der Waals surface area contributed by atoms with Crippen molar-refractivity contribution >= 4 is 21.7 Å². The van der Waals surface area contributed by atoms with Crippen LogP contribution in [0.25, 0.3) is 0 Å². The Morgan fingerprint density at radius 3 is 2.12 bits per heavy atom. The molecule has 0 heterocycles. The van der Waals surface area contributed by atoms with E-state index in [9.17, 15) is 9.59 Å². The molecule has 0 saturated carbocycles. The van der Waals surface area contributed by atoms with Crippen LogP contribution in [0.15, 0.2) is 12.1 Å². The summed E-state index contributed by atoms with van der Waals surface area (Å²) in [6, 6.07) is 6.51. The molecule has 1 unspecified atom stereocenters. The molecule has 5 heteroatoms. The first-order valence-electron chi connectivity index (χ1n) is 4.63. The number of ketones is 1. The molecule has 1 atom stereocenters. The van der Waals surface area contributed by atoms with E-state index in [0.717, 1.165) is 11.1 Å². The third kappa shape index (κ3) is 6.40. The molecule has 0 bridgehead atoms. The van der Waals surface area contributed by atoms with Crippen molar-refractivity contribution in [3.05, 3.63) is 34.9 Å². The van der Waals surface area contributed by atoms with Crippen LogP contribution < -0.4 is 0 Å². The summed E-state index contributed by atoms with van der Waals surface area (Å²) in [7, 11) is 1.27. The average molecular weight is 328 g/mol. The van der Waals surface area contributed by atoms with E-state index < -0.39 is 5.97 Å². The molecule has 17 heavy (non-hydrogen) atoms. The van der Waals surface area contributed by atoms with E-state index in [1.54, 1.807) is 12.1 Å². The Morgan fingerprint density at radius 1 is 1.24 bits per heavy atom. The van der Waals surface area contributed by atoms with Gasteiger partial charge in [-0.1, -0.05) is 19.4 Å². The number of ether oxygens (including phenoxy) is 1. The minimum atomic E-state index is -0.511. The number of carbonyl (C=O) groups excluding carboxylic acids is 2. The molecule has 3 nitrogen and oxygen atoms in total. The SMILES string of the molecule is COC(=O)CC(=O)c1cc(C)[c-]c(C)c1.P.[Y]. The molecule has 1 aromatic rings. The summed E-state index contributed by atoms with van der Waals surface area (Å²) in [5, 5.41) is 0. The molecule has 0 N–H and O–H groups in total. The summed E-state index contributed by atoms with van der Waals surface area (Å²) < 4.78 is 4.44. The van der Waals surface area contributed by atoms with Gasteiger partial charge < -0.3 is 4.74 Å². The standard InChI is InChI=1S/C12H13O3.H3P.Y/c1-8-4-9(2)6-10(5-8)11(13)7-12(14)15-3;;/h5-6H,7H2,1-3H3;1H3;/q-1;;. The Kier molecular flexibility index (Phi) is 10.1. The number of hydrogen-bond donors (Lipinski definition) is 0. The van der Waals surface area contributed by atoms with Gasteiger partial charge in [-0.25, -0.2) is 0 Å². The van der Waals surface area contributed by atoms with E-state index in [1.807, 2.05) is 13.8 Å². The summed E-state index contributed by atoms with van der Waals surface area (Å²) >= 11 is 0. The molecular weight excluding hydrogens is 312 g/mol. The maximum atomic E-state index is 11.6. The van der Waals surface area contributed by atoms with Crippen LogP contribution in [0, 0.1) is 19.9 Å². The summed E-state index contributed by atoms with van der Waals surface area (Å²) in [6.07, 6.45) is -0.209. The van der Waals surface area contributed by atoms with Crippen molar-refractivity contribution in [2.24, 2.45) is 0 Å². The van der Waals surface area contributed by atoms with Gasteiger partial charge in [-0.3, -0.25) is 9.59 Å². The minimum absolute atomic E-state index is 0. The molecule has 0 fully saturated rings. The molecular formula is C12H16O3PY-. The van der Waals surface area contributed by atoms with Crippen LogP contribution in [0.1, 0.15) is 27.9 Å². The maximum absolute atomic E-state index is 11.6. The fourth-order valence-electron chi connectivity index (χ4n) is 1.36. The van der Waals surface area contributed by atoms with Crippen LogP contribution in [0.3, 0.4) is 0 Å². The van der Waals surface area contributed by atoms with Gasteiger partial charge in [0.1, 0.15) is 12.2 Å². The van der Waals surface area contributed by atoms with Gasteiger partial charge in [0.15, 0.2) is 0 Å². The number of esters is 1. The Labute approximate surface area is 130 Å². The van der Waals surface area contributed by atoms with Crippen molar-refractivity contribution in [1.29, 1.82) is 0 Å². The van der Waals surface area contributed by atoms with Crippen LogP contribution in [0.2, 0.25) is 0 Å². The molecule has 0 aliphatic rings. The fraction of sp³-hybridized carbons (Fsp3) is 0.333. The first-order chi connectivity index (χ1) is 7.02. The van der Waals surface area contributed by atoms with E-state index in [1.165, 1.54) is 7.11 Å². The molecule has 0 aliphatic carbocycles. The second-order valence-electron chi connectivity index (χ2n) is 3.41. The van der Waals surface area contributed by atoms with Crippen molar-refractivity contribution in [1.82, 2.24) is 0 Å². The number of aryl methyl sites for hydroxylation is 2. The molecule has 1 radical (unpaired) electrons. The Balaban J connectivity index is 0. The van der Waals surface area contributed by atoms with Crippen LogP contribution >= 0.6 is 9.90 Å². The van der Waals surface area contributed by atoms with Crippen molar-refractivity contribution in [2.45, 2.75) is 20.3 Å². The van der Waals surface area contributed by atoms with Gasteiger partial charge in [-0.2, -0.15) is 39.2 Å². The normalized spacial score (nSPS) is 8.65. The number of carbonyl (C=O) groups is 2. The number of rotatable bonds is 3. The molecule has 0 amide bonds. The monoisotopic (exact) mass is 328 g/mol. The van der Waals surface area contributed by atoms with E-state index in [2.05, 4.69) is 10.8 Å². The average Bonchev–Trinajstić information content (AvgIpc) is 2.16. The number of hydrogen-bond acceptors (Lipinski definition) is 3. The van der Waals surface area contributed by atoms with Crippen LogP contribution in [-0.4, -0.2) is 18.9 Å². The largest absolute Gasteiger partial charge is 0.469 e. The molecule has 0 aromatic heterocycles.